The van der Waals surface area contributed by atoms with Gasteiger partial charge in [-0.05, 0) is 12.8 Å². The summed E-state index contributed by atoms with van der Waals surface area (Å²) >= 11 is 0. The van der Waals surface area contributed by atoms with Gasteiger partial charge in [0.15, 0.2) is 0 Å². The summed E-state index contributed by atoms with van der Waals surface area (Å²) < 4.78 is 0. The molecule has 7 heteroatoms. The van der Waals surface area contributed by atoms with E-state index in [9.17, 15) is 24.6 Å². The van der Waals surface area contributed by atoms with Gasteiger partial charge in [0, 0.05) is 13.0 Å². The first kappa shape index (κ1) is 14.8. The molecule has 4 atom stereocenters. The fourth-order valence-electron chi connectivity index (χ4n) is 3.26. The molecule has 2 unspecified atom stereocenters. The van der Waals surface area contributed by atoms with E-state index in [2.05, 4.69) is 0 Å². The highest BCUT2D eigenvalue weighted by molar-refractivity contribution is 5.90. The van der Waals surface area contributed by atoms with Gasteiger partial charge in [0.1, 0.15) is 6.04 Å². The molecule has 1 heterocycles. The van der Waals surface area contributed by atoms with Crippen LogP contribution in [-0.4, -0.2) is 51.6 Å². The van der Waals surface area contributed by atoms with Crippen LogP contribution >= 0.6 is 0 Å². The Morgan fingerprint density at radius 3 is 2.25 bits per heavy atom. The molecule has 112 valence electrons. The van der Waals surface area contributed by atoms with Gasteiger partial charge in [-0.2, -0.15) is 0 Å². The minimum atomic E-state index is -0.974. The van der Waals surface area contributed by atoms with Crippen molar-refractivity contribution in [3.8, 4) is 0 Å². The van der Waals surface area contributed by atoms with Crippen LogP contribution in [0.5, 0.6) is 0 Å². The van der Waals surface area contributed by atoms with Gasteiger partial charge in [-0.3, -0.25) is 14.4 Å². The minimum Gasteiger partial charge on any atom is -0.481 e. The Bertz CT molecular complexity index is 405. The third kappa shape index (κ3) is 2.77. The number of likely N-dealkylation sites (tertiary alicyclic amines) is 1. The van der Waals surface area contributed by atoms with Crippen molar-refractivity contribution in [3.05, 3.63) is 0 Å². The maximum absolute atomic E-state index is 12.5. The monoisotopic (exact) mass is 284 g/mol. The van der Waals surface area contributed by atoms with Crippen molar-refractivity contribution < 1.29 is 24.6 Å². The van der Waals surface area contributed by atoms with Gasteiger partial charge in [0.2, 0.25) is 11.8 Å². The number of rotatable bonds is 3. The number of nitrogens with two attached hydrogens (primary N) is 1. The molecule has 2 aliphatic rings. The molecule has 20 heavy (non-hydrogen) atoms. The Morgan fingerprint density at radius 1 is 1.10 bits per heavy atom. The lowest BCUT2D eigenvalue weighted by molar-refractivity contribution is -0.153. The van der Waals surface area contributed by atoms with Crippen LogP contribution in [0.2, 0.25) is 0 Å². The molecule has 4 N–H and O–H groups in total. The number of hydrogen-bond donors (Lipinski definition) is 3. The van der Waals surface area contributed by atoms with Crippen LogP contribution in [0.25, 0.3) is 0 Å². The van der Waals surface area contributed by atoms with Crippen LogP contribution < -0.4 is 5.73 Å². The van der Waals surface area contributed by atoms with Crippen molar-refractivity contribution in [1.29, 1.82) is 0 Å². The third-order valence-electron chi connectivity index (χ3n) is 4.29. The Balaban J connectivity index is 2.16. The Kier molecular flexibility index (Phi) is 4.27. The second kappa shape index (κ2) is 5.78. The Morgan fingerprint density at radius 2 is 1.70 bits per heavy atom. The first-order valence-corrected chi connectivity index (χ1v) is 6.92. The number of carboxylic acid groups (broad SMARTS) is 1. The number of carbonyl (C=O) groups excluding carboxylic acids is 2. The SMILES string of the molecule is NC(=O)C1CC(O)CN1C(=O)[C@@H]1CCCC[C@@H]1C(=O)O. The summed E-state index contributed by atoms with van der Waals surface area (Å²) in [6.45, 7) is 0.0509. The standard InChI is InChI=1S/C13H20N2O5/c14-11(17)10-5-7(16)6-15(10)12(18)8-3-1-2-4-9(8)13(19)20/h7-10,16H,1-6H2,(H2,14,17)(H,19,20)/t7?,8-,9+,10?/m1/s1. The van der Waals surface area contributed by atoms with Crippen molar-refractivity contribution in [2.45, 2.75) is 44.2 Å². The maximum atomic E-state index is 12.5. The zero-order valence-corrected chi connectivity index (χ0v) is 11.2. The number of carbonyl (C=O) groups is 3. The lowest BCUT2D eigenvalue weighted by atomic mass is 9.78. The zero-order valence-electron chi connectivity index (χ0n) is 11.2. The summed E-state index contributed by atoms with van der Waals surface area (Å²) in [6.07, 6.45) is 1.94. The molecule has 0 radical (unpaired) electrons. The molecule has 1 aliphatic heterocycles. The normalized spacial score (nSPS) is 34.0. The van der Waals surface area contributed by atoms with Gasteiger partial charge in [-0.1, -0.05) is 12.8 Å². The van der Waals surface area contributed by atoms with Crippen molar-refractivity contribution in [1.82, 2.24) is 4.90 Å². The zero-order chi connectivity index (χ0) is 14.9. The van der Waals surface area contributed by atoms with Crippen LogP contribution in [-0.2, 0) is 14.4 Å². The summed E-state index contributed by atoms with van der Waals surface area (Å²) in [4.78, 5) is 36.4. The minimum absolute atomic E-state index is 0.0509. The summed E-state index contributed by atoms with van der Waals surface area (Å²) in [7, 11) is 0. The molecule has 0 spiro atoms. The van der Waals surface area contributed by atoms with E-state index in [1.807, 2.05) is 0 Å². The first-order chi connectivity index (χ1) is 9.41. The number of primary amides is 1. The van der Waals surface area contributed by atoms with Crippen LogP contribution in [0.1, 0.15) is 32.1 Å². The molecule has 1 saturated heterocycles. The lowest BCUT2D eigenvalue weighted by Crippen LogP contribution is -2.48. The van der Waals surface area contributed by atoms with E-state index in [1.54, 1.807) is 0 Å². The molecule has 0 aromatic heterocycles. The number of β-amino-alcohol motifs (C(OH)–C–C–N with tert-alkyl or cyclic N) is 1. The van der Waals surface area contributed by atoms with E-state index >= 15 is 0 Å². The smallest absolute Gasteiger partial charge is 0.307 e. The van der Waals surface area contributed by atoms with Crippen molar-refractivity contribution in [2.75, 3.05) is 6.54 Å². The maximum Gasteiger partial charge on any atom is 0.307 e. The molecule has 0 bridgehead atoms. The molecule has 0 aromatic carbocycles. The molecule has 1 saturated carbocycles. The molecule has 2 rings (SSSR count). The Labute approximate surface area is 116 Å². The summed E-state index contributed by atoms with van der Waals surface area (Å²) in [6, 6.07) is -0.825. The largest absolute Gasteiger partial charge is 0.481 e. The highest BCUT2D eigenvalue weighted by Crippen LogP contribution is 2.33. The number of amides is 2. The second-order valence-corrected chi connectivity index (χ2v) is 5.63. The molecule has 2 fully saturated rings. The predicted octanol–water partition coefficient (Wildman–Crippen LogP) is -0.675. The quantitative estimate of drug-likeness (QED) is 0.634. The van der Waals surface area contributed by atoms with E-state index in [-0.39, 0.29) is 18.9 Å². The molecule has 0 aromatic rings. The van der Waals surface area contributed by atoms with Crippen LogP contribution in [0.4, 0.5) is 0 Å². The van der Waals surface area contributed by atoms with Crippen molar-refractivity contribution in [3.63, 3.8) is 0 Å². The number of hydrogen-bond acceptors (Lipinski definition) is 4. The van der Waals surface area contributed by atoms with Crippen molar-refractivity contribution >= 4 is 17.8 Å². The number of carboxylic acids is 1. The van der Waals surface area contributed by atoms with Gasteiger partial charge in [0.25, 0.3) is 0 Å². The highest BCUT2D eigenvalue weighted by Gasteiger charge is 2.44. The molecule has 7 nitrogen and oxygen atoms in total. The molecular weight excluding hydrogens is 264 g/mol. The van der Waals surface area contributed by atoms with Crippen LogP contribution in [0.3, 0.4) is 0 Å². The summed E-state index contributed by atoms with van der Waals surface area (Å²) in [5, 5.41) is 18.8. The van der Waals surface area contributed by atoms with E-state index in [0.717, 1.165) is 12.8 Å². The Hall–Kier alpha value is -1.63. The van der Waals surface area contributed by atoms with Crippen LogP contribution in [0, 0.1) is 11.8 Å². The summed E-state index contributed by atoms with van der Waals surface area (Å²) in [5.74, 6) is -3.32. The molecule has 2 amide bonds. The lowest BCUT2D eigenvalue weighted by Gasteiger charge is -2.32. The average Bonchev–Trinajstić information content (AvgIpc) is 2.80. The van der Waals surface area contributed by atoms with Gasteiger partial charge < -0.3 is 20.8 Å². The second-order valence-electron chi connectivity index (χ2n) is 5.63. The average molecular weight is 284 g/mol. The highest BCUT2D eigenvalue weighted by atomic mass is 16.4. The van der Waals surface area contributed by atoms with Gasteiger partial charge >= 0.3 is 5.97 Å². The number of aliphatic carboxylic acids is 1. The van der Waals surface area contributed by atoms with Gasteiger partial charge in [-0.15, -0.1) is 0 Å². The van der Waals surface area contributed by atoms with E-state index in [4.69, 9.17) is 5.73 Å². The number of aliphatic hydroxyl groups is 1. The van der Waals surface area contributed by atoms with E-state index < -0.39 is 35.9 Å². The third-order valence-corrected chi connectivity index (χ3v) is 4.29. The predicted molar refractivity (Wildman–Crippen MR) is 68.4 cm³/mol. The molecular formula is C13H20N2O5. The van der Waals surface area contributed by atoms with Gasteiger partial charge in [-0.25, -0.2) is 0 Å². The number of aliphatic hydroxyl groups excluding tert-OH is 1. The van der Waals surface area contributed by atoms with Crippen molar-refractivity contribution in [2.24, 2.45) is 17.6 Å². The molecule has 1 aliphatic carbocycles. The van der Waals surface area contributed by atoms with E-state index in [0.29, 0.717) is 12.8 Å². The number of nitrogens with zero attached hydrogens (tertiary/aromatic N) is 1. The summed E-state index contributed by atoms with van der Waals surface area (Å²) in [5.41, 5.74) is 5.25. The van der Waals surface area contributed by atoms with E-state index in [1.165, 1.54) is 4.90 Å². The first-order valence-electron chi connectivity index (χ1n) is 6.92. The fourth-order valence-corrected chi connectivity index (χ4v) is 3.26. The van der Waals surface area contributed by atoms with Gasteiger partial charge in [0.05, 0.1) is 17.9 Å². The fraction of sp³-hybridized carbons (Fsp3) is 0.769. The topological polar surface area (TPSA) is 121 Å². The van der Waals surface area contributed by atoms with Crippen LogP contribution in [0.15, 0.2) is 0 Å².